The Morgan fingerprint density at radius 1 is 1.47 bits per heavy atom. The highest BCUT2D eigenvalue weighted by molar-refractivity contribution is 5.34. The van der Waals surface area contributed by atoms with E-state index in [2.05, 4.69) is 10.2 Å². The SMILES string of the molecule is CN(Cc1ccc([N+](=O)[O-])c(F)c1)C1CCNCC1. The molecule has 1 heterocycles. The average molecular weight is 267 g/mol. The van der Waals surface area contributed by atoms with Crippen molar-refractivity contribution in [2.24, 2.45) is 0 Å². The minimum absolute atomic E-state index is 0.465. The molecule has 1 saturated heterocycles. The highest BCUT2D eigenvalue weighted by Gasteiger charge is 2.19. The van der Waals surface area contributed by atoms with Crippen LogP contribution in [-0.4, -0.2) is 36.0 Å². The lowest BCUT2D eigenvalue weighted by molar-refractivity contribution is -0.387. The molecule has 0 atom stereocenters. The number of halogens is 1. The van der Waals surface area contributed by atoms with E-state index in [9.17, 15) is 14.5 Å². The molecular formula is C13H18FN3O2. The molecule has 104 valence electrons. The van der Waals surface area contributed by atoms with Crippen LogP contribution in [0.1, 0.15) is 18.4 Å². The predicted octanol–water partition coefficient (Wildman–Crippen LogP) is 1.92. The van der Waals surface area contributed by atoms with E-state index in [1.54, 1.807) is 6.07 Å². The number of piperidine rings is 1. The molecule has 1 aliphatic heterocycles. The molecule has 0 aliphatic carbocycles. The quantitative estimate of drug-likeness (QED) is 0.669. The van der Waals surface area contributed by atoms with E-state index in [-0.39, 0.29) is 0 Å². The van der Waals surface area contributed by atoms with Gasteiger partial charge >= 0.3 is 5.69 Å². The number of hydrogen-bond donors (Lipinski definition) is 1. The van der Waals surface area contributed by atoms with E-state index in [0.29, 0.717) is 12.6 Å². The fourth-order valence-electron chi connectivity index (χ4n) is 2.46. The van der Waals surface area contributed by atoms with Gasteiger partial charge in [0.15, 0.2) is 0 Å². The molecule has 0 bridgehead atoms. The third kappa shape index (κ3) is 3.48. The van der Waals surface area contributed by atoms with E-state index < -0.39 is 16.4 Å². The molecule has 0 aromatic heterocycles. The van der Waals surface area contributed by atoms with Gasteiger partial charge in [0.25, 0.3) is 0 Å². The number of nitro groups is 1. The summed E-state index contributed by atoms with van der Waals surface area (Å²) in [5, 5.41) is 13.9. The highest BCUT2D eigenvalue weighted by Crippen LogP contribution is 2.20. The summed E-state index contributed by atoms with van der Waals surface area (Å²) in [5.74, 6) is -0.763. The number of nitrogens with zero attached hydrogens (tertiary/aromatic N) is 2. The van der Waals surface area contributed by atoms with Crippen molar-refractivity contribution in [1.29, 1.82) is 0 Å². The Hall–Kier alpha value is -1.53. The first kappa shape index (κ1) is 13.9. The number of benzene rings is 1. The summed E-state index contributed by atoms with van der Waals surface area (Å²) < 4.78 is 13.5. The fourth-order valence-corrected chi connectivity index (χ4v) is 2.46. The molecule has 1 aromatic carbocycles. The molecule has 0 saturated carbocycles. The summed E-state index contributed by atoms with van der Waals surface area (Å²) in [6.07, 6.45) is 2.15. The molecule has 0 spiro atoms. The Labute approximate surface area is 111 Å². The number of nitro benzene ring substituents is 1. The summed E-state index contributed by atoms with van der Waals surface area (Å²) in [6.45, 7) is 2.62. The van der Waals surface area contributed by atoms with Gasteiger partial charge in [-0.15, -0.1) is 0 Å². The molecule has 0 unspecified atom stereocenters. The third-order valence-corrected chi connectivity index (χ3v) is 3.57. The van der Waals surface area contributed by atoms with E-state index in [1.807, 2.05) is 7.05 Å². The lowest BCUT2D eigenvalue weighted by Gasteiger charge is -2.31. The minimum Gasteiger partial charge on any atom is -0.317 e. The van der Waals surface area contributed by atoms with Crippen molar-refractivity contribution in [2.75, 3.05) is 20.1 Å². The van der Waals surface area contributed by atoms with Gasteiger partial charge in [-0.25, -0.2) is 0 Å². The summed E-state index contributed by atoms with van der Waals surface area (Å²) in [4.78, 5) is 12.0. The highest BCUT2D eigenvalue weighted by atomic mass is 19.1. The first-order valence-electron chi connectivity index (χ1n) is 6.41. The molecule has 5 nitrogen and oxygen atoms in total. The zero-order valence-electron chi connectivity index (χ0n) is 10.9. The van der Waals surface area contributed by atoms with Crippen molar-refractivity contribution >= 4 is 5.69 Å². The van der Waals surface area contributed by atoms with E-state index in [1.165, 1.54) is 12.1 Å². The van der Waals surface area contributed by atoms with Gasteiger partial charge in [0.1, 0.15) is 0 Å². The molecule has 0 amide bonds. The van der Waals surface area contributed by atoms with Crippen LogP contribution in [0.3, 0.4) is 0 Å². The molecular weight excluding hydrogens is 249 g/mol. The predicted molar refractivity (Wildman–Crippen MR) is 70.4 cm³/mol. The number of rotatable bonds is 4. The van der Waals surface area contributed by atoms with Crippen molar-refractivity contribution in [3.63, 3.8) is 0 Å². The zero-order chi connectivity index (χ0) is 13.8. The van der Waals surface area contributed by atoms with Crippen LogP contribution in [0.25, 0.3) is 0 Å². The Balaban J connectivity index is 2.02. The lowest BCUT2D eigenvalue weighted by Crippen LogP contribution is -2.40. The first-order chi connectivity index (χ1) is 9.08. The van der Waals surface area contributed by atoms with Crippen molar-refractivity contribution in [3.8, 4) is 0 Å². The van der Waals surface area contributed by atoms with Crippen molar-refractivity contribution < 1.29 is 9.31 Å². The van der Waals surface area contributed by atoms with Gasteiger partial charge in [0.2, 0.25) is 5.82 Å². The van der Waals surface area contributed by atoms with E-state index in [4.69, 9.17) is 0 Å². The maximum Gasteiger partial charge on any atom is 0.304 e. The lowest BCUT2D eigenvalue weighted by atomic mass is 10.0. The van der Waals surface area contributed by atoms with Crippen LogP contribution in [0.2, 0.25) is 0 Å². The fraction of sp³-hybridized carbons (Fsp3) is 0.538. The smallest absolute Gasteiger partial charge is 0.304 e. The summed E-state index contributed by atoms with van der Waals surface area (Å²) >= 11 is 0. The molecule has 1 aliphatic rings. The maximum absolute atomic E-state index is 13.5. The van der Waals surface area contributed by atoms with Crippen molar-refractivity contribution in [3.05, 3.63) is 39.7 Å². The van der Waals surface area contributed by atoms with Crippen LogP contribution in [-0.2, 0) is 6.54 Å². The Kier molecular flexibility index (Phi) is 4.44. The summed E-state index contributed by atoms with van der Waals surface area (Å²) in [5.41, 5.74) is 0.303. The van der Waals surface area contributed by atoms with Crippen LogP contribution in [0.5, 0.6) is 0 Å². The van der Waals surface area contributed by atoms with Crippen LogP contribution in [0.4, 0.5) is 10.1 Å². The monoisotopic (exact) mass is 267 g/mol. The van der Waals surface area contributed by atoms with Crippen molar-refractivity contribution in [2.45, 2.75) is 25.4 Å². The Morgan fingerprint density at radius 2 is 2.16 bits per heavy atom. The average Bonchev–Trinajstić information content (AvgIpc) is 2.39. The van der Waals surface area contributed by atoms with Gasteiger partial charge < -0.3 is 5.32 Å². The summed E-state index contributed by atoms with van der Waals surface area (Å²) in [6, 6.07) is 4.61. The maximum atomic E-state index is 13.5. The molecule has 1 N–H and O–H groups in total. The van der Waals surface area contributed by atoms with E-state index in [0.717, 1.165) is 31.5 Å². The molecule has 19 heavy (non-hydrogen) atoms. The van der Waals surface area contributed by atoms with Crippen molar-refractivity contribution in [1.82, 2.24) is 10.2 Å². The van der Waals surface area contributed by atoms with Gasteiger partial charge in [0, 0.05) is 18.7 Å². The van der Waals surface area contributed by atoms with Crippen LogP contribution >= 0.6 is 0 Å². The second kappa shape index (κ2) is 6.08. The van der Waals surface area contributed by atoms with Crippen LogP contribution < -0.4 is 5.32 Å². The normalized spacial score (nSPS) is 16.8. The van der Waals surface area contributed by atoms with Gasteiger partial charge in [-0.2, -0.15) is 4.39 Å². The number of nitrogens with one attached hydrogen (secondary N) is 1. The van der Waals surface area contributed by atoms with Crippen LogP contribution in [0, 0.1) is 15.9 Å². The standard InChI is InChI=1S/C13H18FN3O2/c1-16(11-4-6-15-7-5-11)9-10-2-3-13(17(18)19)12(14)8-10/h2-3,8,11,15H,4-7,9H2,1H3. The van der Waals surface area contributed by atoms with Crippen LogP contribution in [0.15, 0.2) is 18.2 Å². The molecule has 2 rings (SSSR count). The number of hydrogen-bond acceptors (Lipinski definition) is 4. The second-order valence-corrected chi connectivity index (χ2v) is 4.94. The molecule has 6 heteroatoms. The van der Waals surface area contributed by atoms with Gasteiger partial charge in [-0.05, 0) is 44.6 Å². The Morgan fingerprint density at radius 3 is 2.74 bits per heavy atom. The van der Waals surface area contributed by atoms with Gasteiger partial charge in [-0.1, -0.05) is 6.07 Å². The van der Waals surface area contributed by atoms with E-state index >= 15 is 0 Å². The van der Waals surface area contributed by atoms with Gasteiger partial charge in [-0.3, -0.25) is 15.0 Å². The third-order valence-electron chi connectivity index (χ3n) is 3.57. The zero-order valence-corrected chi connectivity index (χ0v) is 10.9. The topological polar surface area (TPSA) is 58.4 Å². The molecule has 1 aromatic rings. The first-order valence-corrected chi connectivity index (χ1v) is 6.41. The molecule has 1 fully saturated rings. The Bertz CT molecular complexity index is 461. The van der Waals surface area contributed by atoms with Gasteiger partial charge in [0.05, 0.1) is 4.92 Å². The largest absolute Gasteiger partial charge is 0.317 e. The minimum atomic E-state index is -0.763. The molecule has 0 radical (unpaired) electrons. The summed E-state index contributed by atoms with van der Waals surface area (Å²) in [7, 11) is 2.01. The second-order valence-electron chi connectivity index (χ2n) is 4.94.